The van der Waals surface area contributed by atoms with Crippen LogP contribution in [0.3, 0.4) is 0 Å². The van der Waals surface area contributed by atoms with Crippen LogP contribution in [0.5, 0.6) is 5.75 Å². The first kappa shape index (κ1) is 24.0. The summed E-state index contributed by atoms with van der Waals surface area (Å²) in [6.07, 6.45) is 2.43. The van der Waals surface area contributed by atoms with Crippen molar-refractivity contribution in [2.75, 3.05) is 37.8 Å². The standard InChI is InChI=1S/C21H27N3O6S2/c1-23(18-9-11-19(30-2)12-10-18)32(28,29)20-8-4-6-16(14-20)21(25)22-17-7-5-13-24(15-17)31(3,26)27/h4,6,8-12,14,17H,5,7,13,15H2,1-3H3,(H,22,25). The molecule has 1 amide bonds. The van der Waals surface area contributed by atoms with Crippen molar-refractivity contribution in [3.05, 3.63) is 54.1 Å². The second kappa shape index (κ2) is 9.47. The zero-order valence-electron chi connectivity index (χ0n) is 18.2. The highest BCUT2D eigenvalue weighted by Crippen LogP contribution is 2.25. The maximum Gasteiger partial charge on any atom is 0.264 e. The first-order chi connectivity index (χ1) is 15.0. The van der Waals surface area contributed by atoms with Crippen LogP contribution in [0.25, 0.3) is 0 Å². The number of anilines is 1. The molecular formula is C21H27N3O6S2. The molecular weight excluding hydrogens is 454 g/mol. The Labute approximate surface area is 189 Å². The van der Waals surface area contributed by atoms with E-state index in [0.717, 1.165) is 10.6 Å². The second-order valence-corrected chi connectivity index (χ2v) is 11.6. The van der Waals surface area contributed by atoms with E-state index in [-0.39, 0.29) is 23.0 Å². The first-order valence-corrected chi connectivity index (χ1v) is 13.3. The number of carbonyl (C=O) groups is 1. The summed E-state index contributed by atoms with van der Waals surface area (Å²) in [6, 6.07) is 12.0. The molecule has 2 aromatic carbocycles. The molecule has 174 valence electrons. The van der Waals surface area contributed by atoms with Crippen LogP contribution in [0.4, 0.5) is 5.69 Å². The molecule has 11 heteroatoms. The van der Waals surface area contributed by atoms with Crippen molar-refractivity contribution in [3.8, 4) is 5.75 Å². The summed E-state index contributed by atoms with van der Waals surface area (Å²) < 4.78 is 57.4. The van der Waals surface area contributed by atoms with Crippen molar-refractivity contribution in [2.24, 2.45) is 0 Å². The highest BCUT2D eigenvalue weighted by atomic mass is 32.2. The number of nitrogens with one attached hydrogen (secondary N) is 1. The molecule has 0 aromatic heterocycles. The summed E-state index contributed by atoms with van der Waals surface area (Å²) in [4.78, 5) is 12.7. The van der Waals surface area contributed by atoms with Crippen LogP contribution in [-0.4, -0.2) is 66.6 Å². The number of piperidine rings is 1. The van der Waals surface area contributed by atoms with E-state index >= 15 is 0 Å². The van der Waals surface area contributed by atoms with E-state index in [4.69, 9.17) is 4.74 Å². The third kappa shape index (κ3) is 5.40. The summed E-state index contributed by atoms with van der Waals surface area (Å²) in [5.74, 6) is 0.157. The highest BCUT2D eigenvalue weighted by Gasteiger charge is 2.28. The van der Waals surface area contributed by atoms with Crippen LogP contribution in [0.1, 0.15) is 23.2 Å². The van der Waals surface area contributed by atoms with Gasteiger partial charge in [0.15, 0.2) is 0 Å². The molecule has 1 N–H and O–H groups in total. The van der Waals surface area contributed by atoms with Crippen molar-refractivity contribution in [2.45, 2.75) is 23.8 Å². The van der Waals surface area contributed by atoms with Crippen LogP contribution in [0, 0.1) is 0 Å². The maximum atomic E-state index is 13.1. The number of ether oxygens (including phenoxy) is 1. The zero-order chi connectivity index (χ0) is 23.5. The number of sulfonamides is 2. The number of carbonyl (C=O) groups excluding carboxylic acids is 1. The third-order valence-corrected chi connectivity index (χ3v) is 8.43. The lowest BCUT2D eigenvalue weighted by molar-refractivity contribution is 0.0921. The number of methoxy groups -OCH3 is 1. The molecule has 0 spiro atoms. The SMILES string of the molecule is COc1ccc(N(C)S(=O)(=O)c2cccc(C(=O)NC3CCCN(S(C)(=O)=O)C3)c2)cc1. The normalized spacial score (nSPS) is 17.5. The number of amides is 1. The Hall–Kier alpha value is -2.63. The third-order valence-electron chi connectivity index (χ3n) is 5.38. The van der Waals surface area contributed by atoms with Gasteiger partial charge in [0.1, 0.15) is 5.75 Å². The van der Waals surface area contributed by atoms with Crippen molar-refractivity contribution in [3.63, 3.8) is 0 Å². The van der Waals surface area contributed by atoms with Gasteiger partial charge >= 0.3 is 0 Å². The Bertz CT molecular complexity index is 1180. The lowest BCUT2D eigenvalue weighted by atomic mass is 10.1. The molecule has 1 saturated heterocycles. The lowest BCUT2D eigenvalue weighted by Gasteiger charge is -2.31. The van der Waals surface area contributed by atoms with E-state index in [0.29, 0.717) is 30.8 Å². The minimum atomic E-state index is -3.90. The average molecular weight is 482 g/mol. The van der Waals surface area contributed by atoms with Gasteiger partial charge in [-0.3, -0.25) is 9.10 Å². The number of hydrogen-bond donors (Lipinski definition) is 1. The summed E-state index contributed by atoms with van der Waals surface area (Å²) in [6.45, 7) is 0.624. The van der Waals surface area contributed by atoms with Gasteiger partial charge in [-0.2, -0.15) is 0 Å². The van der Waals surface area contributed by atoms with Crippen LogP contribution in [0.2, 0.25) is 0 Å². The zero-order valence-corrected chi connectivity index (χ0v) is 19.8. The van der Waals surface area contributed by atoms with Gasteiger partial charge in [-0.25, -0.2) is 21.1 Å². The Kier molecular flexibility index (Phi) is 7.11. The van der Waals surface area contributed by atoms with Crippen molar-refractivity contribution in [1.82, 2.24) is 9.62 Å². The van der Waals surface area contributed by atoms with E-state index in [9.17, 15) is 21.6 Å². The molecule has 32 heavy (non-hydrogen) atoms. The molecule has 0 bridgehead atoms. The number of nitrogens with zero attached hydrogens (tertiary/aromatic N) is 2. The van der Waals surface area contributed by atoms with E-state index in [1.807, 2.05) is 0 Å². The molecule has 1 fully saturated rings. The van der Waals surface area contributed by atoms with Gasteiger partial charge in [0.2, 0.25) is 10.0 Å². The molecule has 1 aliphatic heterocycles. The van der Waals surface area contributed by atoms with Gasteiger partial charge in [0.25, 0.3) is 15.9 Å². The monoisotopic (exact) mass is 481 g/mol. The second-order valence-electron chi connectivity index (χ2n) is 7.63. The molecule has 3 rings (SSSR count). The summed E-state index contributed by atoms with van der Waals surface area (Å²) in [5.41, 5.74) is 0.634. The molecule has 1 atom stereocenters. The number of rotatable bonds is 7. The van der Waals surface area contributed by atoms with Crippen LogP contribution < -0.4 is 14.4 Å². The molecule has 0 saturated carbocycles. The Morgan fingerprint density at radius 1 is 1.12 bits per heavy atom. The molecule has 0 radical (unpaired) electrons. The summed E-state index contributed by atoms with van der Waals surface area (Å²) in [5, 5.41) is 2.82. The minimum Gasteiger partial charge on any atom is -0.497 e. The first-order valence-electron chi connectivity index (χ1n) is 10.0. The predicted molar refractivity (Wildman–Crippen MR) is 122 cm³/mol. The molecule has 0 aliphatic carbocycles. The molecule has 2 aromatic rings. The lowest BCUT2D eigenvalue weighted by Crippen LogP contribution is -2.49. The van der Waals surface area contributed by atoms with E-state index in [2.05, 4.69) is 5.32 Å². The fraction of sp³-hybridized carbons (Fsp3) is 0.381. The maximum absolute atomic E-state index is 13.1. The summed E-state index contributed by atoms with van der Waals surface area (Å²) >= 11 is 0. The van der Waals surface area contributed by atoms with E-state index < -0.39 is 26.0 Å². The molecule has 1 heterocycles. The van der Waals surface area contributed by atoms with Gasteiger partial charge in [-0.15, -0.1) is 0 Å². The quantitative estimate of drug-likeness (QED) is 0.644. The fourth-order valence-corrected chi connectivity index (χ4v) is 5.67. The van der Waals surface area contributed by atoms with Crippen molar-refractivity contribution < 1.29 is 26.4 Å². The van der Waals surface area contributed by atoms with Gasteiger partial charge < -0.3 is 10.1 Å². The Morgan fingerprint density at radius 3 is 2.44 bits per heavy atom. The van der Waals surface area contributed by atoms with Crippen molar-refractivity contribution >= 4 is 31.6 Å². The van der Waals surface area contributed by atoms with Gasteiger partial charge in [0.05, 0.1) is 23.9 Å². The van der Waals surface area contributed by atoms with E-state index in [1.165, 1.54) is 42.7 Å². The van der Waals surface area contributed by atoms with Gasteiger partial charge in [-0.05, 0) is 55.3 Å². The van der Waals surface area contributed by atoms with Gasteiger partial charge in [0, 0.05) is 31.7 Å². The van der Waals surface area contributed by atoms with E-state index in [1.54, 1.807) is 24.3 Å². The Balaban J connectivity index is 1.77. The fourth-order valence-electron chi connectivity index (χ4n) is 3.52. The highest BCUT2D eigenvalue weighted by molar-refractivity contribution is 7.92. The molecule has 9 nitrogen and oxygen atoms in total. The topological polar surface area (TPSA) is 113 Å². The smallest absolute Gasteiger partial charge is 0.264 e. The number of hydrogen-bond acceptors (Lipinski definition) is 6. The van der Waals surface area contributed by atoms with Crippen LogP contribution in [-0.2, 0) is 20.0 Å². The van der Waals surface area contributed by atoms with Crippen molar-refractivity contribution in [1.29, 1.82) is 0 Å². The number of benzene rings is 2. The van der Waals surface area contributed by atoms with Crippen LogP contribution >= 0.6 is 0 Å². The molecule has 1 aliphatic rings. The van der Waals surface area contributed by atoms with Crippen LogP contribution in [0.15, 0.2) is 53.4 Å². The van der Waals surface area contributed by atoms with Gasteiger partial charge in [-0.1, -0.05) is 6.07 Å². The Morgan fingerprint density at radius 2 is 1.81 bits per heavy atom. The summed E-state index contributed by atoms with van der Waals surface area (Å²) in [7, 11) is -4.28. The predicted octanol–water partition coefficient (Wildman–Crippen LogP) is 1.67. The largest absolute Gasteiger partial charge is 0.497 e. The molecule has 1 unspecified atom stereocenters. The minimum absolute atomic E-state index is 0.0233. The average Bonchev–Trinajstić information content (AvgIpc) is 2.78.